The van der Waals surface area contributed by atoms with Gasteiger partial charge in [-0.1, -0.05) is 37.8 Å². The maximum atomic E-state index is 12.2. The van der Waals surface area contributed by atoms with Crippen molar-refractivity contribution in [3.63, 3.8) is 0 Å². The van der Waals surface area contributed by atoms with Crippen molar-refractivity contribution in [1.29, 1.82) is 0 Å². The third-order valence-corrected chi connectivity index (χ3v) is 3.97. The number of halogens is 1. The van der Waals surface area contributed by atoms with Crippen molar-refractivity contribution in [1.82, 2.24) is 10.3 Å². The van der Waals surface area contributed by atoms with Gasteiger partial charge in [0.15, 0.2) is 0 Å². The molecule has 1 heterocycles. The fourth-order valence-electron chi connectivity index (χ4n) is 2.71. The third-order valence-electron chi connectivity index (χ3n) is 3.77. The van der Waals surface area contributed by atoms with E-state index in [1.807, 2.05) is 0 Å². The van der Waals surface area contributed by atoms with Crippen molar-refractivity contribution in [3.8, 4) is 0 Å². The summed E-state index contributed by atoms with van der Waals surface area (Å²) in [5, 5.41) is 3.32. The fourth-order valence-corrected chi connectivity index (χ4v) is 2.93. The smallest absolute Gasteiger partial charge is 0.251 e. The topological polar surface area (TPSA) is 68.0 Å². The minimum Gasteiger partial charge on any atom is -0.384 e. The average Bonchev–Trinajstić information content (AvgIpc) is 2.37. The molecule has 0 aliphatic heterocycles. The van der Waals surface area contributed by atoms with Crippen LogP contribution in [0.1, 0.15) is 49.4 Å². The Morgan fingerprint density at radius 2 is 2.32 bits per heavy atom. The number of hydrogen-bond acceptors (Lipinski definition) is 3. The van der Waals surface area contributed by atoms with Crippen molar-refractivity contribution in [3.05, 3.63) is 22.8 Å². The van der Waals surface area contributed by atoms with Crippen LogP contribution in [0, 0.1) is 5.92 Å². The Kier molecular flexibility index (Phi) is 4.64. The van der Waals surface area contributed by atoms with Gasteiger partial charge in [0.2, 0.25) is 0 Å². The Labute approximate surface area is 118 Å². The van der Waals surface area contributed by atoms with Gasteiger partial charge in [-0.2, -0.15) is 0 Å². The van der Waals surface area contributed by atoms with Gasteiger partial charge in [-0.05, 0) is 30.9 Å². The predicted molar refractivity (Wildman–Crippen MR) is 77.2 cm³/mol. The SMILES string of the molecule is CCC1CCCC(NC(=O)c2cc(N)nc(Cl)c2)C1. The van der Waals surface area contributed by atoms with E-state index >= 15 is 0 Å². The number of carbonyl (C=O) groups excluding carboxylic acids is 1. The number of pyridine rings is 1. The van der Waals surface area contributed by atoms with Crippen molar-refractivity contribution >= 4 is 23.3 Å². The molecule has 2 unspecified atom stereocenters. The van der Waals surface area contributed by atoms with Gasteiger partial charge in [0.05, 0.1) is 0 Å². The van der Waals surface area contributed by atoms with E-state index in [0.29, 0.717) is 5.56 Å². The lowest BCUT2D eigenvalue weighted by Crippen LogP contribution is -2.38. The molecule has 1 fully saturated rings. The lowest BCUT2D eigenvalue weighted by Gasteiger charge is -2.29. The normalized spacial score (nSPS) is 23.1. The molecule has 1 aliphatic rings. The van der Waals surface area contributed by atoms with Crippen LogP contribution in [0.15, 0.2) is 12.1 Å². The predicted octanol–water partition coefficient (Wildman–Crippen LogP) is 3.02. The van der Waals surface area contributed by atoms with Gasteiger partial charge in [-0.3, -0.25) is 4.79 Å². The number of aromatic nitrogens is 1. The number of carbonyl (C=O) groups is 1. The van der Waals surface area contributed by atoms with Crippen molar-refractivity contribution < 1.29 is 4.79 Å². The summed E-state index contributed by atoms with van der Waals surface area (Å²) in [6.07, 6.45) is 5.76. The van der Waals surface area contributed by atoms with Crippen LogP contribution in [0.5, 0.6) is 0 Å². The molecule has 1 amide bonds. The molecule has 104 valence electrons. The number of anilines is 1. The molecular weight excluding hydrogens is 262 g/mol. The van der Waals surface area contributed by atoms with E-state index in [2.05, 4.69) is 17.2 Å². The van der Waals surface area contributed by atoms with E-state index in [9.17, 15) is 4.79 Å². The Hall–Kier alpha value is -1.29. The number of hydrogen-bond donors (Lipinski definition) is 2. The number of rotatable bonds is 3. The summed E-state index contributed by atoms with van der Waals surface area (Å²) >= 11 is 5.81. The van der Waals surface area contributed by atoms with Crippen LogP contribution in [0.25, 0.3) is 0 Å². The quantitative estimate of drug-likeness (QED) is 0.837. The second kappa shape index (κ2) is 6.24. The number of nitrogen functional groups attached to an aromatic ring is 1. The highest BCUT2D eigenvalue weighted by atomic mass is 35.5. The van der Waals surface area contributed by atoms with Gasteiger partial charge in [0, 0.05) is 11.6 Å². The minimum absolute atomic E-state index is 0.113. The molecular formula is C14H20ClN3O. The van der Waals surface area contributed by atoms with Crippen LogP contribution in [-0.4, -0.2) is 16.9 Å². The zero-order chi connectivity index (χ0) is 13.8. The van der Waals surface area contributed by atoms with Crippen LogP contribution >= 0.6 is 11.6 Å². The van der Waals surface area contributed by atoms with Crippen molar-refractivity contribution in [2.75, 3.05) is 5.73 Å². The molecule has 2 atom stereocenters. The van der Waals surface area contributed by atoms with Crippen molar-refractivity contribution in [2.45, 2.75) is 45.1 Å². The second-order valence-electron chi connectivity index (χ2n) is 5.21. The largest absolute Gasteiger partial charge is 0.384 e. The van der Waals surface area contributed by atoms with Gasteiger partial charge in [-0.25, -0.2) is 4.98 Å². The molecule has 5 heteroatoms. The summed E-state index contributed by atoms with van der Waals surface area (Å²) in [5.41, 5.74) is 6.08. The summed E-state index contributed by atoms with van der Waals surface area (Å²) in [6.45, 7) is 2.21. The summed E-state index contributed by atoms with van der Waals surface area (Å²) in [6, 6.07) is 3.37. The molecule has 0 saturated heterocycles. The first kappa shape index (κ1) is 14.1. The number of nitrogens with zero attached hydrogens (tertiary/aromatic N) is 1. The van der Waals surface area contributed by atoms with Crippen LogP contribution in [0.3, 0.4) is 0 Å². The molecule has 0 aromatic carbocycles. The van der Waals surface area contributed by atoms with E-state index in [1.54, 1.807) is 12.1 Å². The first-order valence-corrected chi connectivity index (χ1v) is 7.20. The van der Waals surface area contributed by atoms with Gasteiger partial charge < -0.3 is 11.1 Å². The lowest BCUT2D eigenvalue weighted by atomic mass is 9.84. The van der Waals surface area contributed by atoms with Gasteiger partial charge >= 0.3 is 0 Å². The zero-order valence-corrected chi connectivity index (χ0v) is 11.9. The summed E-state index contributed by atoms with van der Waals surface area (Å²) in [4.78, 5) is 16.0. The van der Waals surface area contributed by atoms with E-state index in [1.165, 1.54) is 19.3 Å². The molecule has 1 aliphatic carbocycles. The third kappa shape index (κ3) is 3.83. The van der Waals surface area contributed by atoms with Gasteiger partial charge in [-0.15, -0.1) is 0 Å². The molecule has 2 rings (SSSR count). The van der Waals surface area contributed by atoms with Gasteiger partial charge in [0.1, 0.15) is 11.0 Å². The molecule has 0 bridgehead atoms. The first-order chi connectivity index (χ1) is 9.08. The molecule has 0 radical (unpaired) electrons. The average molecular weight is 282 g/mol. The molecule has 1 aromatic heterocycles. The molecule has 3 N–H and O–H groups in total. The lowest BCUT2D eigenvalue weighted by molar-refractivity contribution is 0.0919. The highest BCUT2D eigenvalue weighted by Gasteiger charge is 2.22. The van der Waals surface area contributed by atoms with Crippen LogP contribution in [0.2, 0.25) is 5.15 Å². The van der Waals surface area contributed by atoms with E-state index in [0.717, 1.165) is 18.8 Å². The second-order valence-corrected chi connectivity index (χ2v) is 5.60. The number of nitrogens with one attached hydrogen (secondary N) is 1. The highest BCUT2D eigenvalue weighted by molar-refractivity contribution is 6.29. The standard InChI is InChI=1S/C14H20ClN3O/c1-2-9-4-3-5-11(6-9)17-14(19)10-7-12(15)18-13(16)8-10/h7-9,11H,2-6H2,1H3,(H2,16,18)(H,17,19). The molecule has 4 nitrogen and oxygen atoms in total. The Morgan fingerprint density at radius 1 is 1.53 bits per heavy atom. The Morgan fingerprint density at radius 3 is 3.00 bits per heavy atom. The Bertz CT molecular complexity index is 444. The zero-order valence-electron chi connectivity index (χ0n) is 11.2. The van der Waals surface area contributed by atoms with E-state index in [-0.39, 0.29) is 22.9 Å². The molecule has 1 aromatic rings. The van der Waals surface area contributed by atoms with Gasteiger partial charge in [0.25, 0.3) is 5.91 Å². The van der Waals surface area contributed by atoms with E-state index < -0.39 is 0 Å². The molecule has 0 spiro atoms. The van der Waals surface area contributed by atoms with Crippen LogP contribution in [-0.2, 0) is 0 Å². The maximum Gasteiger partial charge on any atom is 0.251 e. The van der Waals surface area contributed by atoms with Crippen LogP contribution in [0.4, 0.5) is 5.82 Å². The highest BCUT2D eigenvalue weighted by Crippen LogP contribution is 2.26. The Balaban J connectivity index is 2.00. The fraction of sp³-hybridized carbons (Fsp3) is 0.571. The van der Waals surface area contributed by atoms with Crippen molar-refractivity contribution in [2.24, 2.45) is 5.92 Å². The van der Waals surface area contributed by atoms with E-state index in [4.69, 9.17) is 17.3 Å². The summed E-state index contributed by atoms with van der Waals surface area (Å²) < 4.78 is 0. The monoisotopic (exact) mass is 281 g/mol. The number of nitrogens with two attached hydrogens (primary N) is 1. The summed E-state index contributed by atoms with van der Waals surface area (Å²) in [7, 11) is 0. The minimum atomic E-state index is -0.113. The molecule has 1 saturated carbocycles. The first-order valence-electron chi connectivity index (χ1n) is 6.82. The molecule has 19 heavy (non-hydrogen) atoms. The summed E-state index contributed by atoms with van der Waals surface area (Å²) in [5.74, 6) is 0.885. The maximum absolute atomic E-state index is 12.2. The van der Waals surface area contributed by atoms with Crippen LogP contribution < -0.4 is 11.1 Å². The number of amides is 1.